The number of anilines is 1. The first-order valence-corrected chi connectivity index (χ1v) is 6.70. The topological polar surface area (TPSA) is 54.0 Å². The van der Waals surface area contributed by atoms with Crippen LogP contribution in [0.15, 0.2) is 30.3 Å². The molecule has 0 spiro atoms. The Bertz CT molecular complexity index is 505. The minimum Gasteiger partial charge on any atom is -0.378 e. The standard InChI is InChI=1S/C14H18N4O/c1-2-4-12(5-3-1)6-7-13-15-14(17-16-13)18-8-10-19-11-9-18/h1-5H,6-11H2,(H,15,16,17). The molecule has 1 aromatic carbocycles. The summed E-state index contributed by atoms with van der Waals surface area (Å²) in [6.45, 7) is 3.26. The quantitative estimate of drug-likeness (QED) is 0.901. The Balaban J connectivity index is 1.58. The average molecular weight is 258 g/mol. The van der Waals surface area contributed by atoms with Crippen molar-refractivity contribution in [1.29, 1.82) is 0 Å². The molecule has 2 aromatic rings. The second kappa shape index (κ2) is 5.84. The highest BCUT2D eigenvalue weighted by molar-refractivity contribution is 5.29. The van der Waals surface area contributed by atoms with Gasteiger partial charge in [-0.2, -0.15) is 4.98 Å². The van der Waals surface area contributed by atoms with Crippen LogP contribution in [0.4, 0.5) is 5.95 Å². The number of ether oxygens (including phenoxy) is 1. The lowest BCUT2D eigenvalue weighted by atomic mass is 10.1. The zero-order valence-corrected chi connectivity index (χ0v) is 10.9. The molecule has 1 aromatic heterocycles. The van der Waals surface area contributed by atoms with Gasteiger partial charge in [0.15, 0.2) is 0 Å². The number of rotatable bonds is 4. The molecule has 1 aliphatic rings. The van der Waals surface area contributed by atoms with Gasteiger partial charge in [0.05, 0.1) is 13.2 Å². The first-order chi connectivity index (χ1) is 9.42. The molecule has 0 amide bonds. The van der Waals surface area contributed by atoms with Crippen LogP contribution in [0.25, 0.3) is 0 Å². The van der Waals surface area contributed by atoms with E-state index in [9.17, 15) is 0 Å². The second-order valence-corrected chi connectivity index (χ2v) is 4.67. The number of aryl methyl sites for hydroxylation is 2. The smallest absolute Gasteiger partial charge is 0.244 e. The summed E-state index contributed by atoms with van der Waals surface area (Å²) in [5.74, 6) is 1.75. The number of nitrogens with zero attached hydrogens (tertiary/aromatic N) is 3. The van der Waals surface area contributed by atoms with Crippen LogP contribution in [0.3, 0.4) is 0 Å². The van der Waals surface area contributed by atoms with Gasteiger partial charge in [-0.3, -0.25) is 5.10 Å². The molecule has 1 fully saturated rings. The van der Waals surface area contributed by atoms with Gasteiger partial charge in [-0.25, -0.2) is 0 Å². The fourth-order valence-electron chi connectivity index (χ4n) is 2.21. The van der Waals surface area contributed by atoms with E-state index in [2.05, 4.69) is 44.3 Å². The molecule has 19 heavy (non-hydrogen) atoms. The largest absolute Gasteiger partial charge is 0.378 e. The molecule has 0 saturated carbocycles. The highest BCUT2D eigenvalue weighted by Crippen LogP contribution is 2.10. The van der Waals surface area contributed by atoms with Crippen molar-refractivity contribution in [3.05, 3.63) is 41.7 Å². The third-order valence-electron chi connectivity index (χ3n) is 3.31. The summed E-state index contributed by atoms with van der Waals surface area (Å²) < 4.78 is 5.33. The van der Waals surface area contributed by atoms with Gasteiger partial charge in [0, 0.05) is 19.5 Å². The molecule has 0 aliphatic carbocycles. The van der Waals surface area contributed by atoms with Crippen molar-refractivity contribution in [2.24, 2.45) is 0 Å². The molecule has 0 bridgehead atoms. The molecule has 5 nitrogen and oxygen atoms in total. The number of aromatic nitrogens is 3. The molecular weight excluding hydrogens is 240 g/mol. The monoisotopic (exact) mass is 258 g/mol. The second-order valence-electron chi connectivity index (χ2n) is 4.67. The number of H-pyrrole nitrogens is 1. The Morgan fingerprint density at radius 3 is 2.68 bits per heavy atom. The first-order valence-electron chi connectivity index (χ1n) is 6.70. The van der Waals surface area contributed by atoms with Crippen LogP contribution >= 0.6 is 0 Å². The maximum atomic E-state index is 5.33. The Kier molecular flexibility index (Phi) is 3.74. The third-order valence-corrected chi connectivity index (χ3v) is 3.31. The Labute approximate surface area is 112 Å². The predicted octanol–water partition coefficient (Wildman–Crippen LogP) is 1.43. The first kappa shape index (κ1) is 12.2. The maximum absolute atomic E-state index is 5.33. The lowest BCUT2D eigenvalue weighted by Gasteiger charge is -2.25. The average Bonchev–Trinajstić information content (AvgIpc) is 2.96. The molecule has 0 unspecified atom stereocenters. The molecule has 5 heteroatoms. The van der Waals surface area contributed by atoms with Gasteiger partial charge in [-0.05, 0) is 12.0 Å². The van der Waals surface area contributed by atoms with Gasteiger partial charge in [0.2, 0.25) is 5.95 Å². The Morgan fingerprint density at radius 2 is 1.89 bits per heavy atom. The molecule has 100 valence electrons. The zero-order chi connectivity index (χ0) is 12.9. The van der Waals surface area contributed by atoms with Crippen LogP contribution in [0.1, 0.15) is 11.4 Å². The number of hydrogen-bond donors (Lipinski definition) is 1. The number of nitrogens with one attached hydrogen (secondary N) is 1. The molecular formula is C14H18N4O. The fraction of sp³-hybridized carbons (Fsp3) is 0.429. The van der Waals surface area contributed by atoms with Crippen LogP contribution in [-0.2, 0) is 17.6 Å². The van der Waals surface area contributed by atoms with Crippen molar-refractivity contribution in [2.75, 3.05) is 31.2 Å². The lowest BCUT2D eigenvalue weighted by Crippen LogP contribution is -2.36. The molecule has 1 saturated heterocycles. The lowest BCUT2D eigenvalue weighted by molar-refractivity contribution is 0.122. The van der Waals surface area contributed by atoms with E-state index in [1.54, 1.807) is 0 Å². The summed E-state index contributed by atoms with van der Waals surface area (Å²) in [6, 6.07) is 10.4. The van der Waals surface area contributed by atoms with Crippen LogP contribution < -0.4 is 4.90 Å². The summed E-state index contributed by atoms with van der Waals surface area (Å²) in [5.41, 5.74) is 1.33. The van der Waals surface area contributed by atoms with E-state index in [4.69, 9.17) is 4.74 Å². The van der Waals surface area contributed by atoms with Gasteiger partial charge in [-0.15, -0.1) is 5.10 Å². The summed E-state index contributed by atoms with van der Waals surface area (Å²) in [5, 5.41) is 7.32. The van der Waals surface area contributed by atoms with E-state index in [1.165, 1.54) is 5.56 Å². The van der Waals surface area contributed by atoms with E-state index >= 15 is 0 Å². The Hall–Kier alpha value is -1.88. The molecule has 3 rings (SSSR count). The number of morpholine rings is 1. The van der Waals surface area contributed by atoms with E-state index in [-0.39, 0.29) is 0 Å². The van der Waals surface area contributed by atoms with Gasteiger partial charge < -0.3 is 9.64 Å². The van der Waals surface area contributed by atoms with E-state index in [0.717, 1.165) is 50.9 Å². The number of hydrogen-bond acceptors (Lipinski definition) is 4. The highest BCUT2D eigenvalue weighted by atomic mass is 16.5. The molecule has 2 heterocycles. The van der Waals surface area contributed by atoms with Crippen LogP contribution in [0, 0.1) is 0 Å². The summed E-state index contributed by atoms with van der Waals surface area (Å²) in [7, 11) is 0. The summed E-state index contributed by atoms with van der Waals surface area (Å²) >= 11 is 0. The maximum Gasteiger partial charge on any atom is 0.244 e. The van der Waals surface area contributed by atoms with E-state index in [0.29, 0.717) is 0 Å². The summed E-state index contributed by atoms with van der Waals surface area (Å²) in [6.07, 6.45) is 1.87. The Morgan fingerprint density at radius 1 is 1.11 bits per heavy atom. The van der Waals surface area contributed by atoms with Gasteiger partial charge in [0.1, 0.15) is 5.82 Å². The van der Waals surface area contributed by atoms with E-state index < -0.39 is 0 Å². The predicted molar refractivity (Wildman–Crippen MR) is 73.3 cm³/mol. The number of aromatic amines is 1. The van der Waals surface area contributed by atoms with Crippen LogP contribution in [0.2, 0.25) is 0 Å². The van der Waals surface area contributed by atoms with Gasteiger partial charge in [-0.1, -0.05) is 30.3 Å². The third kappa shape index (κ3) is 3.12. The minimum atomic E-state index is 0.758. The number of benzene rings is 1. The van der Waals surface area contributed by atoms with Crippen molar-refractivity contribution in [2.45, 2.75) is 12.8 Å². The molecule has 0 radical (unpaired) electrons. The van der Waals surface area contributed by atoms with Crippen LogP contribution in [0.5, 0.6) is 0 Å². The normalized spacial score (nSPS) is 15.7. The van der Waals surface area contributed by atoms with Crippen molar-refractivity contribution < 1.29 is 4.74 Å². The minimum absolute atomic E-state index is 0.758. The molecule has 1 aliphatic heterocycles. The van der Waals surface area contributed by atoms with Crippen molar-refractivity contribution in [3.8, 4) is 0 Å². The zero-order valence-electron chi connectivity index (χ0n) is 10.9. The molecule has 1 N–H and O–H groups in total. The van der Waals surface area contributed by atoms with Gasteiger partial charge >= 0.3 is 0 Å². The van der Waals surface area contributed by atoms with Gasteiger partial charge in [0.25, 0.3) is 0 Å². The molecule has 0 atom stereocenters. The SMILES string of the molecule is c1ccc(CCc2nc(N3CCOCC3)n[nH]2)cc1. The summed E-state index contributed by atoms with van der Waals surface area (Å²) in [4.78, 5) is 6.71. The van der Waals surface area contributed by atoms with Crippen LogP contribution in [-0.4, -0.2) is 41.5 Å². The highest BCUT2D eigenvalue weighted by Gasteiger charge is 2.15. The van der Waals surface area contributed by atoms with E-state index in [1.807, 2.05) is 6.07 Å². The van der Waals surface area contributed by atoms with Crippen molar-refractivity contribution in [3.63, 3.8) is 0 Å². The van der Waals surface area contributed by atoms with Crippen molar-refractivity contribution in [1.82, 2.24) is 15.2 Å². The van der Waals surface area contributed by atoms with Crippen molar-refractivity contribution >= 4 is 5.95 Å². The fourth-order valence-corrected chi connectivity index (χ4v) is 2.21.